The lowest BCUT2D eigenvalue weighted by atomic mass is 10.1. The number of hydrogen-bond acceptors (Lipinski definition) is 5. The van der Waals surface area contributed by atoms with Crippen LogP contribution in [0.5, 0.6) is 0 Å². The molecular weight excluding hydrogens is 245 g/mol. The average Bonchev–Trinajstić information content (AvgIpc) is 2.26. The average molecular weight is 250 g/mol. The summed E-state index contributed by atoms with van der Waals surface area (Å²) in [5.74, 6) is -4.47. The lowest BCUT2D eigenvalue weighted by Crippen LogP contribution is -2.12. The Labute approximate surface area is 92.2 Å². The van der Waals surface area contributed by atoms with Crippen LogP contribution < -0.4 is 0 Å². The number of pyridine rings is 1. The molecule has 0 aliphatic carbocycles. The smallest absolute Gasteiger partial charge is 0.400 e. The van der Waals surface area contributed by atoms with Crippen molar-refractivity contribution in [1.82, 2.24) is 4.98 Å². The lowest BCUT2D eigenvalue weighted by molar-refractivity contribution is -0.392. The Morgan fingerprint density at radius 3 is 2.59 bits per heavy atom. The number of aromatic nitrogens is 1. The first-order valence-corrected chi connectivity index (χ1v) is 4.09. The maximum absolute atomic E-state index is 13.4. The molecule has 0 amide bonds. The zero-order valence-electron chi connectivity index (χ0n) is 8.32. The number of rotatable bonds is 3. The van der Waals surface area contributed by atoms with Crippen molar-refractivity contribution in [3.05, 3.63) is 33.3 Å². The van der Waals surface area contributed by atoms with Crippen molar-refractivity contribution in [2.75, 3.05) is 7.11 Å². The molecule has 0 spiro atoms. The first kappa shape index (κ1) is 12.9. The van der Waals surface area contributed by atoms with Crippen LogP contribution in [0, 0.1) is 15.9 Å². The zero-order chi connectivity index (χ0) is 13.2. The third-order valence-corrected chi connectivity index (χ3v) is 1.83. The van der Waals surface area contributed by atoms with Gasteiger partial charge in [-0.25, -0.2) is 13.6 Å². The minimum Gasteiger partial charge on any atom is -0.465 e. The number of ether oxygens (including phenoxy) is 1. The summed E-state index contributed by atoms with van der Waals surface area (Å²) in [4.78, 5) is 23.1. The van der Waals surface area contributed by atoms with E-state index in [-0.39, 0.29) is 0 Å². The number of nitro groups is 1. The van der Waals surface area contributed by atoms with Gasteiger partial charge in [-0.2, -0.15) is 4.39 Å². The molecule has 0 atom stereocenters. The summed E-state index contributed by atoms with van der Waals surface area (Å²) in [5, 5.41) is 10.3. The maximum atomic E-state index is 13.4. The highest BCUT2D eigenvalue weighted by Gasteiger charge is 2.31. The molecule has 0 bridgehead atoms. The molecule has 92 valence electrons. The van der Waals surface area contributed by atoms with E-state index in [9.17, 15) is 28.1 Å². The molecular formula is C8H5F3N2O4. The van der Waals surface area contributed by atoms with E-state index in [4.69, 9.17) is 0 Å². The van der Waals surface area contributed by atoms with E-state index >= 15 is 0 Å². The van der Waals surface area contributed by atoms with Crippen molar-refractivity contribution >= 4 is 11.8 Å². The molecule has 0 aromatic carbocycles. The fraction of sp³-hybridized carbons (Fsp3) is 0.250. The Morgan fingerprint density at radius 1 is 1.59 bits per heavy atom. The Morgan fingerprint density at radius 2 is 2.18 bits per heavy atom. The van der Waals surface area contributed by atoms with Gasteiger partial charge in [-0.1, -0.05) is 0 Å². The second-order valence-electron chi connectivity index (χ2n) is 2.78. The number of carbonyl (C=O) groups is 1. The molecule has 0 aliphatic rings. The Hall–Kier alpha value is -2.19. The number of nitrogens with zero attached hydrogens (tertiary/aromatic N) is 2. The summed E-state index contributed by atoms with van der Waals surface area (Å²) in [6.07, 6.45) is -2.83. The van der Waals surface area contributed by atoms with Crippen LogP contribution in [0.2, 0.25) is 0 Å². The van der Waals surface area contributed by atoms with Crippen molar-refractivity contribution < 1.29 is 27.6 Å². The van der Waals surface area contributed by atoms with Crippen molar-refractivity contribution in [3.63, 3.8) is 0 Å². The topological polar surface area (TPSA) is 82.3 Å². The van der Waals surface area contributed by atoms with Crippen LogP contribution in [-0.2, 0) is 4.74 Å². The quantitative estimate of drug-likeness (QED) is 0.464. The molecule has 1 aromatic heterocycles. The van der Waals surface area contributed by atoms with Gasteiger partial charge in [0.25, 0.3) is 6.43 Å². The van der Waals surface area contributed by atoms with E-state index < -0.39 is 40.1 Å². The summed E-state index contributed by atoms with van der Waals surface area (Å²) in [6, 6.07) is 0. The van der Waals surface area contributed by atoms with Crippen LogP contribution >= 0.6 is 0 Å². The highest BCUT2D eigenvalue weighted by Crippen LogP contribution is 2.28. The van der Waals surface area contributed by atoms with E-state index in [0.29, 0.717) is 6.20 Å². The number of esters is 1. The molecule has 17 heavy (non-hydrogen) atoms. The van der Waals surface area contributed by atoms with Crippen molar-refractivity contribution in [2.45, 2.75) is 6.43 Å². The third-order valence-electron chi connectivity index (χ3n) is 1.83. The summed E-state index contributed by atoms with van der Waals surface area (Å²) >= 11 is 0. The predicted octanol–water partition coefficient (Wildman–Crippen LogP) is 1.85. The van der Waals surface area contributed by atoms with Gasteiger partial charge >= 0.3 is 11.8 Å². The summed E-state index contributed by atoms with van der Waals surface area (Å²) in [6.45, 7) is 0. The van der Waals surface area contributed by atoms with Crippen LogP contribution in [0.3, 0.4) is 0 Å². The minimum absolute atomic E-state index is 0.373. The largest absolute Gasteiger partial charge is 0.465 e. The van der Waals surface area contributed by atoms with E-state index in [2.05, 4.69) is 9.72 Å². The van der Waals surface area contributed by atoms with Gasteiger partial charge in [0.15, 0.2) is 0 Å². The Bertz CT molecular complexity index is 478. The molecule has 0 saturated heterocycles. The first-order chi connectivity index (χ1) is 7.90. The standard InChI is InChI=1S/C8H5F3N2O4/c1-17-8(14)4-3(6(10)11)2-12-7(5(4)9)13(15)16/h2,6H,1H3. The van der Waals surface area contributed by atoms with Crippen molar-refractivity contribution in [1.29, 1.82) is 0 Å². The van der Waals surface area contributed by atoms with Gasteiger partial charge in [0.2, 0.25) is 5.82 Å². The number of carbonyl (C=O) groups excluding carboxylic acids is 1. The van der Waals surface area contributed by atoms with Gasteiger partial charge in [0.1, 0.15) is 11.8 Å². The van der Waals surface area contributed by atoms with Crippen molar-refractivity contribution in [2.24, 2.45) is 0 Å². The van der Waals surface area contributed by atoms with E-state index in [1.807, 2.05) is 0 Å². The normalized spacial score (nSPS) is 10.4. The molecule has 0 aliphatic heterocycles. The highest BCUT2D eigenvalue weighted by molar-refractivity contribution is 5.92. The van der Waals surface area contributed by atoms with E-state index in [1.165, 1.54) is 0 Å². The fourth-order valence-corrected chi connectivity index (χ4v) is 1.09. The minimum atomic E-state index is -3.20. The predicted molar refractivity (Wildman–Crippen MR) is 47.1 cm³/mol. The molecule has 1 aromatic rings. The van der Waals surface area contributed by atoms with Gasteiger partial charge in [-0.05, 0) is 9.91 Å². The molecule has 0 N–H and O–H groups in total. The fourth-order valence-electron chi connectivity index (χ4n) is 1.09. The molecule has 0 fully saturated rings. The van der Waals surface area contributed by atoms with Gasteiger partial charge in [-0.15, -0.1) is 0 Å². The zero-order valence-corrected chi connectivity index (χ0v) is 8.32. The Kier molecular flexibility index (Phi) is 3.61. The molecule has 0 radical (unpaired) electrons. The monoisotopic (exact) mass is 250 g/mol. The van der Waals surface area contributed by atoms with Crippen LogP contribution in [0.25, 0.3) is 0 Å². The maximum Gasteiger partial charge on any atom is 0.400 e. The van der Waals surface area contributed by atoms with E-state index in [0.717, 1.165) is 7.11 Å². The summed E-state index contributed by atoms with van der Waals surface area (Å²) < 4.78 is 42.4. The lowest BCUT2D eigenvalue weighted by Gasteiger charge is -2.06. The number of hydrogen-bond donors (Lipinski definition) is 0. The molecule has 9 heteroatoms. The SMILES string of the molecule is COC(=O)c1c(C(F)F)cnc([N+](=O)[O-])c1F. The van der Waals surface area contributed by atoms with Crippen LogP contribution in [0.15, 0.2) is 6.20 Å². The van der Waals surface area contributed by atoms with Crippen molar-refractivity contribution in [3.8, 4) is 0 Å². The van der Waals surface area contributed by atoms with E-state index in [1.54, 1.807) is 0 Å². The summed E-state index contributed by atoms with van der Waals surface area (Å²) in [7, 11) is 0.837. The van der Waals surface area contributed by atoms with Crippen LogP contribution in [-0.4, -0.2) is 23.0 Å². The second-order valence-corrected chi connectivity index (χ2v) is 2.78. The van der Waals surface area contributed by atoms with Crippen LogP contribution in [0.4, 0.5) is 19.0 Å². The van der Waals surface area contributed by atoms with Gasteiger partial charge in [0.05, 0.1) is 12.7 Å². The van der Waals surface area contributed by atoms with Gasteiger partial charge in [-0.3, -0.25) is 0 Å². The number of methoxy groups -OCH3 is 1. The molecule has 1 rings (SSSR count). The highest BCUT2D eigenvalue weighted by atomic mass is 19.3. The van der Waals surface area contributed by atoms with Crippen LogP contribution in [0.1, 0.15) is 22.3 Å². The molecule has 0 saturated carbocycles. The number of halogens is 3. The number of alkyl halides is 2. The first-order valence-electron chi connectivity index (χ1n) is 4.09. The molecule has 0 unspecified atom stereocenters. The Balaban J connectivity index is 3.53. The molecule has 6 nitrogen and oxygen atoms in total. The second kappa shape index (κ2) is 4.76. The molecule has 1 heterocycles. The van der Waals surface area contributed by atoms with Gasteiger partial charge < -0.3 is 14.9 Å². The summed E-state index contributed by atoms with van der Waals surface area (Å²) in [5.41, 5.74) is -2.23. The van der Waals surface area contributed by atoms with Gasteiger partial charge in [0, 0.05) is 0 Å². The third kappa shape index (κ3) is 2.32.